The van der Waals surface area contributed by atoms with Crippen LogP contribution in [-0.4, -0.2) is 22.9 Å². The van der Waals surface area contributed by atoms with Crippen molar-refractivity contribution < 1.29 is 18.3 Å². The van der Waals surface area contributed by atoms with Crippen molar-refractivity contribution in [3.63, 3.8) is 0 Å². The monoisotopic (exact) mass is 344 g/mol. The number of nitrogens with zero attached hydrogens (tertiary/aromatic N) is 2. The fraction of sp³-hybridized carbons (Fsp3) is 0.0833. The second kappa shape index (κ2) is 5.49. The summed E-state index contributed by atoms with van der Waals surface area (Å²) in [6, 6.07) is 2.82. The van der Waals surface area contributed by atoms with E-state index in [0.717, 1.165) is 36.2 Å². The van der Waals surface area contributed by atoms with E-state index in [2.05, 4.69) is 25.8 Å². The van der Waals surface area contributed by atoms with Gasteiger partial charge in [0.1, 0.15) is 17.3 Å². The lowest BCUT2D eigenvalue weighted by atomic mass is 10.3. The molecule has 1 aromatic heterocycles. The third-order valence-electron chi connectivity index (χ3n) is 2.42. The van der Waals surface area contributed by atoms with Gasteiger partial charge in [-0.05, 0) is 22.0 Å². The van der Waals surface area contributed by atoms with Gasteiger partial charge in [-0.15, -0.1) is 0 Å². The molecule has 8 heteroatoms. The predicted octanol–water partition coefficient (Wildman–Crippen LogP) is 2.06. The smallest absolute Gasteiger partial charge is 0.362 e. The number of hydrogen-bond acceptors (Lipinski definition) is 4. The summed E-state index contributed by atoms with van der Waals surface area (Å²) >= 11 is 2.84. The van der Waals surface area contributed by atoms with Crippen LogP contribution in [0, 0.1) is 11.6 Å². The third-order valence-corrected chi connectivity index (χ3v) is 3.03. The standard InChI is InChI=1S/C12H7BrF2N2O3/c1-20-12(19)11-10(18)2-3-17(16-11)9-5-7(14)6(13)4-8(9)15/h2-5H,1H3. The number of carbonyl (C=O) groups excluding carboxylic acids is 1. The van der Waals surface area contributed by atoms with E-state index in [1.54, 1.807) is 0 Å². The lowest BCUT2D eigenvalue weighted by Gasteiger charge is -2.08. The minimum absolute atomic E-state index is 0.0482. The Balaban J connectivity index is 2.62. The second-order valence-electron chi connectivity index (χ2n) is 3.68. The molecule has 0 fully saturated rings. The first-order chi connectivity index (χ1) is 9.43. The molecule has 1 aromatic carbocycles. The van der Waals surface area contributed by atoms with Gasteiger partial charge in [-0.25, -0.2) is 18.3 Å². The number of ether oxygens (including phenoxy) is 1. The van der Waals surface area contributed by atoms with Crippen LogP contribution >= 0.6 is 15.9 Å². The number of benzene rings is 1. The Morgan fingerprint density at radius 2 is 2.05 bits per heavy atom. The van der Waals surface area contributed by atoms with Crippen molar-refractivity contribution in [2.75, 3.05) is 7.11 Å². The van der Waals surface area contributed by atoms with Crippen LogP contribution in [0.15, 0.2) is 33.7 Å². The summed E-state index contributed by atoms with van der Waals surface area (Å²) in [5, 5.41) is 3.65. The molecule has 104 valence electrons. The minimum Gasteiger partial charge on any atom is -0.464 e. The molecule has 2 rings (SSSR count). The largest absolute Gasteiger partial charge is 0.464 e. The van der Waals surface area contributed by atoms with E-state index in [1.165, 1.54) is 0 Å². The fourth-order valence-electron chi connectivity index (χ4n) is 1.47. The van der Waals surface area contributed by atoms with Gasteiger partial charge in [-0.3, -0.25) is 4.79 Å². The first kappa shape index (κ1) is 14.3. The number of aromatic nitrogens is 2. The summed E-state index contributed by atoms with van der Waals surface area (Å²) in [5.41, 5.74) is -1.43. The topological polar surface area (TPSA) is 61.2 Å². The Bertz CT molecular complexity index is 746. The van der Waals surface area contributed by atoms with E-state index in [4.69, 9.17) is 0 Å². The van der Waals surface area contributed by atoms with Gasteiger partial charge in [-0.1, -0.05) is 0 Å². The van der Waals surface area contributed by atoms with E-state index in [-0.39, 0.29) is 10.2 Å². The summed E-state index contributed by atoms with van der Waals surface area (Å²) in [5.74, 6) is -2.44. The maximum atomic E-state index is 13.8. The molecule has 0 aliphatic carbocycles. The highest BCUT2D eigenvalue weighted by atomic mass is 79.9. The quantitative estimate of drug-likeness (QED) is 0.618. The van der Waals surface area contributed by atoms with Gasteiger partial charge in [-0.2, -0.15) is 5.10 Å². The molecular weight excluding hydrogens is 338 g/mol. The molecule has 0 aliphatic rings. The third kappa shape index (κ3) is 2.60. The van der Waals surface area contributed by atoms with Gasteiger partial charge in [0.05, 0.1) is 11.6 Å². The van der Waals surface area contributed by atoms with Crippen LogP contribution in [0.2, 0.25) is 0 Å². The number of carbonyl (C=O) groups is 1. The molecular formula is C12H7BrF2N2O3. The second-order valence-corrected chi connectivity index (χ2v) is 4.54. The molecule has 0 spiro atoms. The zero-order valence-corrected chi connectivity index (χ0v) is 11.6. The van der Waals surface area contributed by atoms with Gasteiger partial charge in [0.15, 0.2) is 0 Å². The summed E-state index contributed by atoms with van der Waals surface area (Å²) in [7, 11) is 1.08. The highest BCUT2D eigenvalue weighted by molar-refractivity contribution is 9.10. The Labute approximate surface area is 119 Å². The van der Waals surface area contributed by atoms with E-state index >= 15 is 0 Å². The summed E-state index contributed by atoms with van der Waals surface area (Å²) in [6.07, 6.45) is 1.13. The molecule has 0 amide bonds. The summed E-state index contributed by atoms with van der Waals surface area (Å²) in [4.78, 5) is 22.8. The van der Waals surface area contributed by atoms with Crippen LogP contribution in [-0.2, 0) is 4.74 Å². The van der Waals surface area contributed by atoms with E-state index in [0.29, 0.717) is 0 Å². The Kier molecular flexibility index (Phi) is 3.93. The zero-order chi connectivity index (χ0) is 14.9. The van der Waals surface area contributed by atoms with Crippen LogP contribution in [0.4, 0.5) is 8.78 Å². The van der Waals surface area contributed by atoms with E-state index < -0.39 is 28.7 Å². The number of rotatable bonds is 2. The van der Waals surface area contributed by atoms with Gasteiger partial charge < -0.3 is 4.74 Å². The van der Waals surface area contributed by atoms with Crippen molar-refractivity contribution in [3.05, 3.63) is 56.4 Å². The fourth-order valence-corrected chi connectivity index (χ4v) is 1.78. The molecule has 0 saturated carbocycles. The highest BCUT2D eigenvalue weighted by Crippen LogP contribution is 2.21. The molecule has 0 bridgehead atoms. The van der Waals surface area contributed by atoms with Crippen molar-refractivity contribution in [3.8, 4) is 5.69 Å². The van der Waals surface area contributed by atoms with E-state index in [9.17, 15) is 18.4 Å². The Morgan fingerprint density at radius 1 is 1.35 bits per heavy atom. The minimum atomic E-state index is -0.956. The predicted molar refractivity (Wildman–Crippen MR) is 68.8 cm³/mol. The van der Waals surface area contributed by atoms with Gasteiger partial charge >= 0.3 is 5.97 Å². The van der Waals surface area contributed by atoms with Crippen molar-refractivity contribution in [1.82, 2.24) is 9.78 Å². The molecule has 0 N–H and O–H groups in total. The summed E-state index contributed by atoms with van der Waals surface area (Å²) in [6.45, 7) is 0. The lowest BCUT2D eigenvalue weighted by Crippen LogP contribution is -2.22. The molecule has 0 unspecified atom stereocenters. The molecule has 0 radical (unpaired) electrons. The average Bonchev–Trinajstić information content (AvgIpc) is 2.43. The molecule has 0 aliphatic heterocycles. The van der Waals surface area contributed by atoms with Crippen molar-refractivity contribution in [1.29, 1.82) is 0 Å². The maximum Gasteiger partial charge on any atom is 0.362 e. The van der Waals surface area contributed by atoms with Gasteiger partial charge in [0, 0.05) is 18.3 Å². The zero-order valence-electron chi connectivity index (χ0n) is 10.1. The van der Waals surface area contributed by atoms with Crippen molar-refractivity contribution in [2.45, 2.75) is 0 Å². The Hall–Kier alpha value is -2.09. The van der Waals surface area contributed by atoms with Crippen LogP contribution < -0.4 is 5.43 Å². The van der Waals surface area contributed by atoms with Crippen LogP contribution in [0.25, 0.3) is 5.69 Å². The van der Waals surface area contributed by atoms with Crippen LogP contribution in [0.1, 0.15) is 10.5 Å². The number of esters is 1. The number of halogens is 3. The van der Waals surface area contributed by atoms with Crippen molar-refractivity contribution >= 4 is 21.9 Å². The molecule has 20 heavy (non-hydrogen) atoms. The van der Waals surface area contributed by atoms with Crippen molar-refractivity contribution in [2.24, 2.45) is 0 Å². The first-order valence-electron chi connectivity index (χ1n) is 5.27. The average molecular weight is 345 g/mol. The number of methoxy groups -OCH3 is 1. The van der Waals surface area contributed by atoms with E-state index in [1.807, 2.05) is 0 Å². The maximum absolute atomic E-state index is 13.8. The first-order valence-corrected chi connectivity index (χ1v) is 6.06. The van der Waals surface area contributed by atoms with Gasteiger partial charge in [0.25, 0.3) is 0 Å². The van der Waals surface area contributed by atoms with Gasteiger partial charge in [0.2, 0.25) is 11.1 Å². The van der Waals surface area contributed by atoms with Crippen LogP contribution in [0.3, 0.4) is 0 Å². The highest BCUT2D eigenvalue weighted by Gasteiger charge is 2.16. The normalized spacial score (nSPS) is 10.4. The molecule has 0 saturated heterocycles. The summed E-state index contributed by atoms with van der Waals surface area (Å²) < 4.78 is 32.5. The van der Waals surface area contributed by atoms with Crippen LogP contribution in [0.5, 0.6) is 0 Å². The SMILES string of the molecule is COC(=O)c1nn(-c2cc(F)c(Br)cc2F)ccc1=O. The molecule has 2 aromatic rings. The molecule has 5 nitrogen and oxygen atoms in total. The molecule has 0 atom stereocenters. The molecule has 1 heterocycles. The lowest BCUT2D eigenvalue weighted by molar-refractivity contribution is 0.0590. The Morgan fingerprint density at radius 3 is 2.70 bits per heavy atom. The number of hydrogen-bond donors (Lipinski definition) is 0.